The van der Waals surface area contributed by atoms with Crippen LogP contribution in [0.25, 0.3) is 5.70 Å². The number of nitrogens with zero attached hydrogens (tertiary/aromatic N) is 2. The summed E-state index contributed by atoms with van der Waals surface area (Å²) in [5.74, 6) is 1.05. The zero-order valence-corrected chi connectivity index (χ0v) is 10.3. The van der Waals surface area contributed by atoms with Crippen LogP contribution in [0.3, 0.4) is 0 Å². The molecule has 0 saturated heterocycles. The van der Waals surface area contributed by atoms with Gasteiger partial charge in [-0.05, 0) is 38.5 Å². The summed E-state index contributed by atoms with van der Waals surface area (Å²) in [6.45, 7) is 9.82. The smallest absolute Gasteiger partial charge is 0.0787 e. The molecule has 0 spiro atoms. The quantitative estimate of drug-likeness (QED) is 0.725. The first-order chi connectivity index (χ1) is 7.19. The molecule has 0 aromatic carbocycles. The van der Waals surface area contributed by atoms with Crippen molar-refractivity contribution < 1.29 is 0 Å². The Kier molecular flexibility index (Phi) is 4.56. The molecule has 0 aliphatic rings. The van der Waals surface area contributed by atoms with Crippen LogP contribution in [0, 0.1) is 6.92 Å². The van der Waals surface area contributed by atoms with E-state index in [4.69, 9.17) is 0 Å². The van der Waals surface area contributed by atoms with Gasteiger partial charge >= 0.3 is 0 Å². The van der Waals surface area contributed by atoms with Crippen LogP contribution in [-0.4, -0.2) is 17.5 Å². The molecule has 0 radical (unpaired) electrons. The molecule has 80 valence electrons. The van der Waals surface area contributed by atoms with Crippen LogP contribution < -0.4 is 0 Å². The van der Waals surface area contributed by atoms with E-state index in [0.717, 1.165) is 22.7 Å². The van der Waals surface area contributed by atoms with E-state index in [1.807, 2.05) is 19.1 Å². The first-order valence-electron chi connectivity index (χ1n) is 4.92. The van der Waals surface area contributed by atoms with E-state index in [0.29, 0.717) is 0 Å². The molecule has 0 fully saturated rings. The van der Waals surface area contributed by atoms with Crippen LogP contribution in [0.15, 0.2) is 28.2 Å². The number of aromatic nitrogens is 1. The highest BCUT2D eigenvalue weighted by Crippen LogP contribution is 2.27. The lowest BCUT2D eigenvalue weighted by Crippen LogP contribution is -1.88. The van der Waals surface area contributed by atoms with Gasteiger partial charge in [0.05, 0.1) is 5.70 Å². The molecular formula is C12H16N2S. The maximum absolute atomic E-state index is 4.17. The maximum atomic E-state index is 4.17. The molecule has 1 rings (SSSR count). The van der Waals surface area contributed by atoms with E-state index in [1.54, 1.807) is 18.0 Å². The Bertz CT molecular complexity index is 383. The average Bonchev–Trinajstić information content (AvgIpc) is 2.19. The summed E-state index contributed by atoms with van der Waals surface area (Å²) in [5.41, 5.74) is 3.06. The Hall–Kier alpha value is -1.09. The van der Waals surface area contributed by atoms with Crippen molar-refractivity contribution in [2.75, 3.05) is 5.75 Å². The number of rotatable bonds is 4. The molecule has 1 aromatic rings. The van der Waals surface area contributed by atoms with E-state index >= 15 is 0 Å². The van der Waals surface area contributed by atoms with E-state index < -0.39 is 0 Å². The van der Waals surface area contributed by atoms with Crippen molar-refractivity contribution in [1.82, 2.24) is 4.98 Å². The Labute approximate surface area is 95.5 Å². The first kappa shape index (κ1) is 12.0. The van der Waals surface area contributed by atoms with E-state index in [-0.39, 0.29) is 0 Å². The van der Waals surface area contributed by atoms with Crippen molar-refractivity contribution in [2.45, 2.75) is 20.8 Å². The number of thioether (sulfide) groups is 1. The second-order valence-corrected chi connectivity index (χ2v) is 4.66. The largest absolute Gasteiger partial charge is 0.263 e. The minimum absolute atomic E-state index is 0.965. The van der Waals surface area contributed by atoms with Gasteiger partial charge in [0.1, 0.15) is 0 Å². The van der Waals surface area contributed by atoms with Gasteiger partial charge < -0.3 is 0 Å². The monoisotopic (exact) mass is 220 g/mol. The predicted molar refractivity (Wildman–Crippen MR) is 69.2 cm³/mol. The van der Waals surface area contributed by atoms with E-state index in [1.165, 1.54) is 4.91 Å². The second-order valence-electron chi connectivity index (χ2n) is 3.18. The van der Waals surface area contributed by atoms with Crippen molar-refractivity contribution in [3.05, 3.63) is 34.5 Å². The normalized spacial score (nSPS) is 12.2. The molecule has 2 nitrogen and oxygen atoms in total. The van der Waals surface area contributed by atoms with Crippen LogP contribution >= 0.6 is 11.8 Å². The van der Waals surface area contributed by atoms with E-state index in [2.05, 4.69) is 30.5 Å². The Balaban J connectivity index is 3.12. The number of allylic oxidation sites excluding steroid dienone is 1. The van der Waals surface area contributed by atoms with Gasteiger partial charge in [0, 0.05) is 22.4 Å². The van der Waals surface area contributed by atoms with Crippen molar-refractivity contribution in [3.8, 4) is 0 Å². The van der Waals surface area contributed by atoms with Gasteiger partial charge in [-0.25, -0.2) is 0 Å². The molecule has 0 aliphatic carbocycles. The molecule has 0 saturated carbocycles. The molecule has 1 aromatic heterocycles. The minimum Gasteiger partial charge on any atom is -0.263 e. The minimum atomic E-state index is 0.965. The van der Waals surface area contributed by atoms with Crippen molar-refractivity contribution in [2.24, 2.45) is 4.99 Å². The third kappa shape index (κ3) is 3.20. The van der Waals surface area contributed by atoms with Crippen molar-refractivity contribution >= 4 is 24.2 Å². The highest BCUT2D eigenvalue weighted by atomic mass is 32.2. The number of hydrogen-bond acceptors (Lipinski definition) is 3. The van der Waals surface area contributed by atoms with Gasteiger partial charge in [0.25, 0.3) is 0 Å². The fraction of sp³-hybridized carbons (Fsp3) is 0.333. The van der Waals surface area contributed by atoms with Gasteiger partial charge in [0.2, 0.25) is 0 Å². The van der Waals surface area contributed by atoms with Gasteiger partial charge in [-0.1, -0.05) is 6.92 Å². The van der Waals surface area contributed by atoms with Crippen LogP contribution in [0.4, 0.5) is 0 Å². The maximum Gasteiger partial charge on any atom is 0.0787 e. The zero-order valence-electron chi connectivity index (χ0n) is 9.45. The summed E-state index contributed by atoms with van der Waals surface area (Å²) in [5, 5.41) is 0. The standard InChI is InChI=1S/C12H16N2S/c1-5-15-10(3)12(13-4)11-6-7-14-9(2)8-11/h6-8H,4-5H2,1-3H3/b12-10-. The molecule has 0 unspecified atom stereocenters. The molecular weight excluding hydrogens is 204 g/mol. The number of pyridine rings is 1. The van der Waals surface area contributed by atoms with Crippen LogP contribution in [0.1, 0.15) is 25.1 Å². The fourth-order valence-electron chi connectivity index (χ4n) is 1.38. The molecule has 0 amide bonds. The molecule has 15 heavy (non-hydrogen) atoms. The van der Waals surface area contributed by atoms with Gasteiger partial charge in [-0.3, -0.25) is 9.98 Å². The Morgan fingerprint density at radius 3 is 2.87 bits per heavy atom. The second kappa shape index (κ2) is 5.71. The lowest BCUT2D eigenvalue weighted by atomic mass is 10.1. The molecule has 0 atom stereocenters. The first-order valence-corrected chi connectivity index (χ1v) is 5.91. The summed E-state index contributed by atoms with van der Waals surface area (Å²) < 4.78 is 0. The molecule has 0 bridgehead atoms. The number of hydrogen-bond donors (Lipinski definition) is 0. The van der Waals surface area contributed by atoms with Crippen LogP contribution in [-0.2, 0) is 0 Å². The number of aryl methyl sites for hydroxylation is 1. The van der Waals surface area contributed by atoms with Gasteiger partial charge in [0.15, 0.2) is 0 Å². The molecule has 0 aliphatic heterocycles. The topological polar surface area (TPSA) is 25.2 Å². The Morgan fingerprint density at radius 2 is 2.33 bits per heavy atom. The number of aliphatic imine (C=N–C) groups is 1. The molecule has 3 heteroatoms. The van der Waals surface area contributed by atoms with Gasteiger partial charge in [-0.2, -0.15) is 0 Å². The Morgan fingerprint density at radius 1 is 1.60 bits per heavy atom. The van der Waals surface area contributed by atoms with Crippen LogP contribution in [0.2, 0.25) is 0 Å². The highest BCUT2D eigenvalue weighted by Gasteiger charge is 2.04. The van der Waals surface area contributed by atoms with Gasteiger partial charge in [-0.15, -0.1) is 11.8 Å². The lowest BCUT2D eigenvalue weighted by molar-refractivity contribution is 1.19. The third-order valence-corrected chi connectivity index (χ3v) is 2.94. The summed E-state index contributed by atoms with van der Waals surface area (Å²) in [4.78, 5) is 9.48. The molecule has 1 heterocycles. The predicted octanol–water partition coefficient (Wildman–Crippen LogP) is 3.53. The van der Waals surface area contributed by atoms with E-state index in [9.17, 15) is 0 Å². The van der Waals surface area contributed by atoms with Crippen molar-refractivity contribution in [3.63, 3.8) is 0 Å². The summed E-state index contributed by atoms with van der Waals surface area (Å²) in [6, 6.07) is 4.00. The summed E-state index contributed by atoms with van der Waals surface area (Å²) >= 11 is 1.79. The summed E-state index contributed by atoms with van der Waals surface area (Å²) in [6.07, 6.45) is 1.81. The third-order valence-electron chi connectivity index (χ3n) is 2.02. The van der Waals surface area contributed by atoms with Crippen molar-refractivity contribution in [1.29, 1.82) is 0 Å². The SMILES string of the molecule is C=N/C(=C(/C)SCC)c1ccnc(C)c1. The highest BCUT2D eigenvalue weighted by molar-refractivity contribution is 8.03. The summed E-state index contributed by atoms with van der Waals surface area (Å²) in [7, 11) is 0. The fourth-order valence-corrected chi connectivity index (χ4v) is 2.14. The molecule has 0 N–H and O–H groups in total. The zero-order chi connectivity index (χ0) is 11.3. The van der Waals surface area contributed by atoms with Crippen LogP contribution in [0.5, 0.6) is 0 Å². The average molecular weight is 220 g/mol. The lowest BCUT2D eigenvalue weighted by Gasteiger charge is -2.06.